The van der Waals surface area contributed by atoms with Crippen molar-refractivity contribution < 1.29 is 8.42 Å². The zero-order chi connectivity index (χ0) is 12.2. The van der Waals surface area contributed by atoms with Gasteiger partial charge in [0.15, 0.2) is 0 Å². The average Bonchev–Trinajstić information content (AvgIpc) is 2.16. The summed E-state index contributed by atoms with van der Waals surface area (Å²) >= 11 is 0. The summed E-state index contributed by atoms with van der Waals surface area (Å²) in [6.45, 7) is 5.92. The molecule has 1 aromatic heterocycles. The Balaban J connectivity index is 2.73. The van der Waals surface area contributed by atoms with E-state index in [9.17, 15) is 8.42 Å². The monoisotopic (exact) mass is 243 g/mol. The van der Waals surface area contributed by atoms with E-state index in [1.807, 2.05) is 20.8 Å². The largest absolute Gasteiger partial charge is 0.276 e. The Bertz CT molecular complexity index is 417. The Labute approximate surface area is 96.4 Å². The molecule has 1 aromatic rings. The van der Waals surface area contributed by atoms with E-state index in [-0.39, 0.29) is 11.2 Å². The number of nitrogens with zero attached hydrogens (tertiary/aromatic N) is 2. The van der Waals surface area contributed by atoms with Crippen molar-refractivity contribution in [3.63, 3.8) is 0 Å². The highest BCUT2D eigenvalue weighted by molar-refractivity contribution is 7.89. The van der Waals surface area contributed by atoms with Crippen LogP contribution in [-0.2, 0) is 10.0 Å². The van der Waals surface area contributed by atoms with Crippen LogP contribution in [0.2, 0.25) is 0 Å². The van der Waals surface area contributed by atoms with E-state index in [2.05, 4.69) is 14.7 Å². The number of sulfonamides is 1. The molecule has 1 atom stereocenters. The highest BCUT2D eigenvalue weighted by Crippen LogP contribution is 2.07. The fraction of sp³-hybridized carbons (Fsp3) is 0.600. The smallest absolute Gasteiger partial charge is 0.226 e. The number of hydrogen-bond acceptors (Lipinski definition) is 4. The van der Waals surface area contributed by atoms with Crippen molar-refractivity contribution in [2.24, 2.45) is 5.92 Å². The van der Waals surface area contributed by atoms with Crippen LogP contribution in [0.25, 0.3) is 0 Å². The Hall–Kier alpha value is -1.01. The zero-order valence-corrected chi connectivity index (χ0v) is 10.5. The first-order valence-electron chi connectivity index (χ1n) is 5.21. The van der Waals surface area contributed by atoms with E-state index in [1.54, 1.807) is 6.07 Å². The van der Waals surface area contributed by atoms with Crippen LogP contribution < -0.4 is 4.72 Å². The van der Waals surface area contributed by atoms with Gasteiger partial charge in [-0.3, -0.25) is 0 Å². The van der Waals surface area contributed by atoms with E-state index >= 15 is 0 Å². The molecule has 1 N–H and O–H groups in total. The van der Waals surface area contributed by atoms with Gasteiger partial charge >= 0.3 is 0 Å². The van der Waals surface area contributed by atoms with Crippen LogP contribution in [-0.4, -0.2) is 24.4 Å². The lowest BCUT2D eigenvalue weighted by Crippen LogP contribution is -2.34. The maximum Gasteiger partial charge on any atom is 0.276 e. The molecule has 0 aliphatic carbocycles. The van der Waals surface area contributed by atoms with Gasteiger partial charge in [-0.1, -0.05) is 13.8 Å². The second-order valence-corrected chi connectivity index (χ2v) is 5.79. The van der Waals surface area contributed by atoms with Gasteiger partial charge in [0.1, 0.15) is 0 Å². The molecule has 6 heteroatoms. The van der Waals surface area contributed by atoms with Gasteiger partial charge in [-0.25, -0.2) is 23.1 Å². The summed E-state index contributed by atoms with van der Waals surface area (Å²) in [5.74, 6) is 0.439. The van der Waals surface area contributed by atoms with Crippen molar-refractivity contribution in [1.29, 1.82) is 0 Å². The molecular weight excluding hydrogens is 226 g/mol. The molecule has 0 radical (unpaired) electrons. The molecule has 0 aliphatic rings. The summed E-state index contributed by atoms with van der Waals surface area (Å²) in [6, 6.07) is 1.46. The van der Waals surface area contributed by atoms with Gasteiger partial charge in [0, 0.05) is 18.4 Å². The molecule has 16 heavy (non-hydrogen) atoms. The van der Waals surface area contributed by atoms with E-state index in [4.69, 9.17) is 0 Å². The minimum absolute atomic E-state index is 0.117. The number of rotatable bonds is 5. The molecule has 0 aromatic carbocycles. The maximum atomic E-state index is 11.8. The molecule has 0 amide bonds. The molecule has 90 valence electrons. The Morgan fingerprint density at radius 2 is 1.81 bits per heavy atom. The Morgan fingerprint density at radius 1 is 1.25 bits per heavy atom. The molecule has 5 nitrogen and oxygen atoms in total. The first-order chi connectivity index (χ1) is 7.42. The van der Waals surface area contributed by atoms with Crippen molar-refractivity contribution in [2.75, 3.05) is 0 Å². The molecular formula is C10H17N3O2S. The molecule has 0 aliphatic heterocycles. The fourth-order valence-electron chi connectivity index (χ4n) is 1.50. The number of hydrogen-bond donors (Lipinski definition) is 1. The third-order valence-corrected chi connectivity index (χ3v) is 3.37. The predicted octanol–water partition coefficient (Wildman–Crippen LogP) is 1.19. The van der Waals surface area contributed by atoms with Crippen LogP contribution in [0.4, 0.5) is 0 Å². The van der Waals surface area contributed by atoms with Gasteiger partial charge in [-0.05, 0) is 25.3 Å². The second kappa shape index (κ2) is 5.36. The summed E-state index contributed by atoms with van der Waals surface area (Å²) in [4.78, 5) is 7.44. The van der Waals surface area contributed by atoms with Crippen LogP contribution in [0.3, 0.4) is 0 Å². The van der Waals surface area contributed by atoms with Gasteiger partial charge in [0.2, 0.25) is 0 Å². The van der Waals surface area contributed by atoms with Gasteiger partial charge < -0.3 is 0 Å². The van der Waals surface area contributed by atoms with Crippen molar-refractivity contribution in [1.82, 2.24) is 14.7 Å². The van der Waals surface area contributed by atoms with Crippen LogP contribution >= 0.6 is 0 Å². The van der Waals surface area contributed by atoms with E-state index in [0.717, 1.165) is 6.42 Å². The van der Waals surface area contributed by atoms with E-state index in [1.165, 1.54) is 12.4 Å². The third-order valence-electron chi connectivity index (χ3n) is 1.96. The Kier molecular flexibility index (Phi) is 4.37. The Morgan fingerprint density at radius 3 is 2.31 bits per heavy atom. The van der Waals surface area contributed by atoms with Crippen LogP contribution in [0.5, 0.6) is 0 Å². The normalized spacial score (nSPS) is 14.0. The van der Waals surface area contributed by atoms with Crippen molar-refractivity contribution >= 4 is 10.0 Å². The van der Waals surface area contributed by atoms with Crippen LogP contribution in [0, 0.1) is 5.92 Å². The molecule has 1 rings (SSSR count). The van der Waals surface area contributed by atoms with Crippen molar-refractivity contribution in [3.05, 3.63) is 18.5 Å². The molecule has 0 fully saturated rings. The minimum atomic E-state index is -3.58. The van der Waals surface area contributed by atoms with E-state index in [0.29, 0.717) is 5.92 Å². The SMILES string of the molecule is CC(C)CC(C)NS(=O)(=O)c1ncccn1. The number of nitrogens with one attached hydrogen (secondary N) is 1. The van der Waals surface area contributed by atoms with Gasteiger partial charge in [0.25, 0.3) is 15.2 Å². The highest BCUT2D eigenvalue weighted by Gasteiger charge is 2.20. The second-order valence-electron chi connectivity index (χ2n) is 4.18. The average molecular weight is 243 g/mol. The molecule has 0 spiro atoms. The predicted molar refractivity (Wildman–Crippen MR) is 61.3 cm³/mol. The minimum Gasteiger partial charge on any atom is -0.226 e. The summed E-state index contributed by atoms with van der Waals surface area (Å²) in [7, 11) is -3.58. The molecule has 1 heterocycles. The van der Waals surface area contributed by atoms with Crippen molar-refractivity contribution in [3.8, 4) is 0 Å². The summed E-state index contributed by atoms with van der Waals surface area (Å²) in [6.07, 6.45) is 3.61. The lowest BCUT2D eigenvalue weighted by molar-refractivity contribution is 0.480. The van der Waals surface area contributed by atoms with Crippen LogP contribution in [0.15, 0.2) is 23.6 Å². The number of aromatic nitrogens is 2. The third kappa shape index (κ3) is 3.86. The molecule has 0 saturated heterocycles. The molecule has 1 unspecified atom stereocenters. The van der Waals surface area contributed by atoms with E-state index < -0.39 is 10.0 Å². The van der Waals surface area contributed by atoms with Crippen molar-refractivity contribution in [2.45, 2.75) is 38.4 Å². The summed E-state index contributed by atoms with van der Waals surface area (Å²) in [5.41, 5.74) is 0. The summed E-state index contributed by atoms with van der Waals surface area (Å²) < 4.78 is 26.1. The molecule has 0 saturated carbocycles. The topological polar surface area (TPSA) is 72.0 Å². The first kappa shape index (κ1) is 13.1. The summed E-state index contributed by atoms with van der Waals surface area (Å²) in [5, 5.41) is -0.175. The fourth-order valence-corrected chi connectivity index (χ4v) is 2.63. The lowest BCUT2D eigenvalue weighted by Gasteiger charge is -2.14. The standard InChI is InChI=1S/C10H17N3O2S/c1-8(2)7-9(3)13-16(14,15)10-11-5-4-6-12-10/h4-6,8-9,13H,7H2,1-3H3. The van der Waals surface area contributed by atoms with Crippen LogP contribution in [0.1, 0.15) is 27.2 Å². The lowest BCUT2D eigenvalue weighted by atomic mass is 10.1. The van der Waals surface area contributed by atoms with Gasteiger partial charge in [0.05, 0.1) is 0 Å². The van der Waals surface area contributed by atoms with Gasteiger partial charge in [-0.15, -0.1) is 0 Å². The molecule has 0 bridgehead atoms. The maximum absolute atomic E-state index is 11.8. The van der Waals surface area contributed by atoms with Gasteiger partial charge in [-0.2, -0.15) is 0 Å². The first-order valence-corrected chi connectivity index (χ1v) is 6.69. The zero-order valence-electron chi connectivity index (χ0n) is 9.71. The highest BCUT2D eigenvalue weighted by atomic mass is 32.2. The quantitative estimate of drug-likeness (QED) is 0.788.